The van der Waals surface area contributed by atoms with Crippen LogP contribution in [0.1, 0.15) is 30.5 Å². The summed E-state index contributed by atoms with van der Waals surface area (Å²) in [5.74, 6) is 0. The molecule has 0 N–H and O–H groups in total. The zero-order valence-corrected chi connectivity index (χ0v) is 17.2. The quantitative estimate of drug-likeness (QED) is 0.346. The van der Waals surface area contributed by atoms with Gasteiger partial charge in [0, 0.05) is 11.1 Å². The van der Waals surface area contributed by atoms with Crippen molar-refractivity contribution in [3.05, 3.63) is 114 Å². The predicted molar refractivity (Wildman–Crippen MR) is 123 cm³/mol. The first-order valence-corrected chi connectivity index (χ1v) is 10.2. The third-order valence-electron chi connectivity index (χ3n) is 6.12. The molecular formula is C28H25N. The molecule has 0 fully saturated rings. The van der Waals surface area contributed by atoms with E-state index in [0.29, 0.717) is 0 Å². The summed E-state index contributed by atoms with van der Waals surface area (Å²) in [7, 11) is 0. The fraction of sp³-hybridized carbons (Fsp3) is 0.143. The molecule has 0 amide bonds. The van der Waals surface area contributed by atoms with Gasteiger partial charge in [-0.05, 0) is 59.0 Å². The lowest BCUT2D eigenvalue weighted by Crippen LogP contribution is -2.30. The van der Waals surface area contributed by atoms with Crippen molar-refractivity contribution in [2.24, 2.45) is 0 Å². The number of hydrogen-bond acceptors (Lipinski definition) is 1. The Balaban J connectivity index is 1.68. The Morgan fingerprint density at radius 2 is 1.21 bits per heavy atom. The van der Waals surface area contributed by atoms with Gasteiger partial charge in [0.25, 0.3) is 0 Å². The van der Waals surface area contributed by atoms with E-state index in [0.717, 1.165) is 0 Å². The Kier molecular flexibility index (Phi) is 4.06. The summed E-state index contributed by atoms with van der Waals surface area (Å²) >= 11 is 0. The van der Waals surface area contributed by atoms with Gasteiger partial charge < -0.3 is 4.90 Å². The van der Waals surface area contributed by atoms with E-state index < -0.39 is 0 Å². The normalized spacial score (nSPS) is 14.2. The zero-order chi connectivity index (χ0) is 20.0. The number of fused-ring (bicyclic) bond motifs is 2. The van der Waals surface area contributed by atoms with Crippen LogP contribution in [0.5, 0.6) is 0 Å². The van der Waals surface area contributed by atoms with Gasteiger partial charge >= 0.3 is 0 Å². The van der Waals surface area contributed by atoms with Gasteiger partial charge in [-0.1, -0.05) is 86.6 Å². The minimum Gasteiger partial charge on any atom is -0.310 e. The number of rotatable bonds is 2. The van der Waals surface area contributed by atoms with E-state index in [1.165, 1.54) is 44.9 Å². The molecule has 0 unspecified atom stereocenters. The van der Waals surface area contributed by atoms with Gasteiger partial charge in [-0.2, -0.15) is 0 Å². The van der Waals surface area contributed by atoms with Gasteiger partial charge in [0.05, 0.1) is 11.4 Å². The number of anilines is 3. The average Bonchev–Trinajstić information content (AvgIpc) is 2.75. The van der Waals surface area contributed by atoms with Crippen LogP contribution in [0.2, 0.25) is 0 Å². The fourth-order valence-electron chi connectivity index (χ4n) is 4.54. The minimum atomic E-state index is -0.0277. The Hall–Kier alpha value is -3.32. The molecule has 0 spiro atoms. The molecule has 1 heteroatoms. The number of nitrogens with zero attached hydrogens (tertiary/aromatic N) is 1. The monoisotopic (exact) mass is 375 g/mol. The highest BCUT2D eigenvalue weighted by molar-refractivity contribution is 5.86. The minimum absolute atomic E-state index is 0.0277. The standard InChI is InChI=1S/C28H25N/c1-20-13-18-25-27(19-20)29(26-12-8-7-11-24(26)28(25,2)3)23-16-14-22(15-17-23)21-9-5-4-6-10-21/h4-19H,1-3H3. The first kappa shape index (κ1) is 17.8. The van der Waals surface area contributed by atoms with Gasteiger partial charge in [0.15, 0.2) is 0 Å². The average molecular weight is 376 g/mol. The molecule has 0 atom stereocenters. The molecule has 1 heterocycles. The summed E-state index contributed by atoms with van der Waals surface area (Å²) in [6.45, 7) is 6.83. The number of hydrogen-bond donors (Lipinski definition) is 0. The number of para-hydroxylation sites is 1. The molecular weight excluding hydrogens is 350 g/mol. The number of aryl methyl sites for hydroxylation is 1. The molecule has 29 heavy (non-hydrogen) atoms. The van der Waals surface area contributed by atoms with Crippen LogP contribution in [0, 0.1) is 6.92 Å². The second-order valence-corrected chi connectivity index (χ2v) is 8.41. The lowest BCUT2D eigenvalue weighted by molar-refractivity contribution is 0.631. The maximum Gasteiger partial charge on any atom is 0.0505 e. The van der Waals surface area contributed by atoms with Crippen molar-refractivity contribution >= 4 is 17.1 Å². The summed E-state index contributed by atoms with van der Waals surface area (Å²) in [6, 6.07) is 35.1. The molecule has 1 aliphatic rings. The molecule has 1 aliphatic heterocycles. The Labute approximate surface area is 173 Å². The van der Waals surface area contributed by atoms with Crippen molar-refractivity contribution in [3.63, 3.8) is 0 Å². The smallest absolute Gasteiger partial charge is 0.0505 e. The topological polar surface area (TPSA) is 3.24 Å². The van der Waals surface area contributed by atoms with Crippen LogP contribution in [-0.2, 0) is 5.41 Å². The van der Waals surface area contributed by atoms with Crippen molar-refractivity contribution in [1.29, 1.82) is 0 Å². The molecule has 0 aromatic heterocycles. The first-order chi connectivity index (χ1) is 14.1. The van der Waals surface area contributed by atoms with Crippen LogP contribution < -0.4 is 4.90 Å². The van der Waals surface area contributed by atoms with Crippen molar-refractivity contribution in [3.8, 4) is 11.1 Å². The number of benzene rings is 4. The largest absolute Gasteiger partial charge is 0.310 e. The molecule has 1 nitrogen and oxygen atoms in total. The lowest BCUT2D eigenvalue weighted by Gasteiger charge is -2.42. The molecule has 0 aliphatic carbocycles. The predicted octanol–water partition coefficient (Wildman–Crippen LogP) is 7.77. The fourth-order valence-corrected chi connectivity index (χ4v) is 4.54. The van der Waals surface area contributed by atoms with Crippen LogP contribution in [-0.4, -0.2) is 0 Å². The van der Waals surface area contributed by atoms with Crippen molar-refractivity contribution in [2.75, 3.05) is 4.90 Å². The highest BCUT2D eigenvalue weighted by Gasteiger charge is 2.36. The van der Waals surface area contributed by atoms with E-state index in [4.69, 9.17) is 0 Å². The third kappa shape index (κ3) is 2.86. The molecule has 0 bridgehead atoms. The molecule has 4 aromatic carbocycles. The van der Waals surface area contributed by atoms with E-state index in [1.807, 2.05) is 0 Å². The molecule has 5 rings (SSSR count). The second kappa shape index (κ2) is 6.63. The molecule has 4 aromatic rings. The van der Waals surface area contributed by atoms with Gasteiger partial charge in [-0.25, -0.2) is 0 Å². The van der Waals surface area contributed by atoms with Crippen LogP contribution in [0.25, 0.3) is 11.1 Å². The van der Waals surface area contributed by atoms with Gasteiger partial charge in [0.2, 0.25) is 0 Å². The summed E-state index contributed by atoms with van der Waals surface area (Å²) in [5, 5.41) is 0. The molecule has 0 radical (unpaired) electrons. The zero-order valence-electron chi connectivity index (χ0n) is 17.2. The Bertz CT molecular complexity index is 1170. The van der Waals surface area contributed by atoms with Gasteiger partial charge in [-0.15, -0.1) is 0 Å². The summed E-state index contributed by atoms with van der Waals surface area (Å²) in [5.41, 5.74) is 10.2. The SMILES string of the molecule is Cc1ccc2c(c1)N(c1ccc(-c3ccccc3)cc1)c1ccccc1C2(C)C. The molecule has 0 saturated carbocycles. The van der Waals surface area contributed by atoms with Crippen LogP contribution >= 0.6 is 0 Å². The first-order valence-electron chi connectivity index (χ1n) is 10.2. The summed E-state index contributed by atoms with van der Waals surface area (Å²) < 4.78 is 0. The van der Waals surface area contributed by atoms with E-state index in [2.05, 4.69) is 123 Å². The Morgan fingerprint density at radius 3 is 1.97 bits per heavy atom. The van der Waals surface area contributed by atoms with Crippen LogP contribution in [0.4, 0.5) is 17.1 Å². The van der Waals surface area contributed by atoms with Crippen molar-refractivity contribution < 1.29 is 0 Å². The van der Waals surface area contributed by atoms with Crippen molar-refractivity contribution in [1.82, 2.24) is 0 Å². The van der Waals surface area contributed by atoms with Crippen molar-refractivity contribution in [2.45, 2.75) is 26.2 Å². The van der Waals surface area contributed by atoms with Gasteiger partial charge in [-0.3, -0.25) is 0 Å². The maximum atomic E-state index is 2.41. The third-order valence-corrected chi connectivity index (χ3v) is 6.12. The lowest BCUT2D eigenvalue weighted by atomic mass is 9.73. The summed E-state index contributed by atoms with van der Waals surface area (Å²) in [6.07, 6.45) is 0. The highest BCUT2D eigenvalue weighted by atomic mass is 15.2. The Morgan fingerprint density at radius 1 is 0.586 bits per heavy atom. The van der Waals surface area contributed by atoms with Gasteiger partial charge in [0.1, 0.15) is 0 Å². The highest BCUT2D eigenvalue weighted by Crippen LogP contribution is 2.51. The van der Waals surface area contributed by atoms with Crippen LogP contribution in [0.15, 0.2) is 97.1 Å². The van der Waals surface area contributed by atoms with E-state index in [1.54, 1.807) is 0 Å². The maximum absolute atomic E-state index is 2.41. The molecule has 142 valence electrons. The van der Waals surface area contributed by atoms with E-state index in [9.17, 15) is 0 Å². The van der Waals surface area contributed by atoms with Crippen LogP contribution in [0.3, 0.4) is 0 Å². The van der Waals surface area contributed by atoms with E-state index in [-0.39, 0.29) is 5.41 Å². The van der Waals surface area contributed by atoms with E-state index >= 15 is 0 Å². The summed E-state index contributed by atoms with van der Waals surface area (Å²) in [4.78, 5) is 2.41. The second-order valence-electron chi connectivity index (χ2n) is 8.41. The molecule has 0 saturated heterocycles.